The minimum Gasteiger partial charge on any atom is -0.365 e. The molecule has 0 saturated heterocycles. The van der Waals surface area contributed by atoms with Crippen molar-refractivity contribution in [2.75, 3.05) is 23.8 Å². The van der Waals surface area contributed by atoms with Crippen molar-refractivity contribution in [3.05, 3.63) is 53.9 Å². The van der Waals surface area contributed by atoms with Crippen LogP contribution in [0, 0.1) is 5.92 Å². The summed E-state index contributed by atoms with van der Waals surface area (Å²) in [4.78, 5) is 34.7. The van der Waals surface area contributed by atoms with Crippen LogP contribution in [0.15, 0.2) is 42.6 Å². The summed E-state index contributed by atoms with van der Waals surface area (Å²) >= 11 is 0. The summed E-state index contributed by atoms with van der Waals surface area (Å²) in [5.74, 6) is -0.528. The highest BCUT2D eigenvalue weighted by Gasteiger charge is 2.30. The summed E-state index contributed by atoms with van der Waals surface area (Å²) in [6.07, 6.45) is 2.08. The maximum absolute atomic E-state index is 13.0. The van der Waals surface area contributed by atoms with Gasteiger partial charge in [-0.15, -0.1) is 0 Å². The number of fused-ring (bicyclic) bond motifs is 1. The molecule has 1 aliphatic carbocycles. The van der Waals surface area contributed by atoms with E-state index in [0.29, 0.717) is 22.3 Å². The van der Waals surface area contributed by atoms with Gasteiger partial charge in [0, 0.05) is 35.8 Å². The van der Waals surface area contributed by atoms with Crippen molar-refractivity contribution in [2.24, 2.45) is 5.92 Å². The Balaban J connectivity index is 1.63. The van der Waals surface area contributed by atoms with E-state index in [1.807, 2.05) is 11.4 Å². The topological polar surface area (TPSA) is 90.1 Å². The second-order valence-corrected chi connectivity index (χ2v) is 8.81. The molecule has 0 spiro atoms. The summed E-state index contributed by atoms with van der Waals surface area (Å²) in [6.45, 7) is -1.17. The molecule has 10 heteroatoms. The summed E-state index contributed by atoms with van der Waals surface area (Å²) in [5.41, 5.74) is 1.96. The van der Waals surface area contributed by atoms with Crippen LogP contribution in [-0.4, -0.2) is 41.6 Å². The third kappa shape index (κ3) is 5.93. The van der Waals surface area contributed by atoms with E-state index >= 15 is 0 Å². The first-order valence-electron chi connectivity index (χ1n) is 11.6. The van der Waals surface area contributed by atoms with E-state index in [4.69, 9.17) is 0 Å². The van der Waals surface area contributed by atoms with Crippen molar-refractivity contribution in [3.8, 4) is 0 Å². The standard InChI is InChI=1S/C25H28F3N5O2/c1-33(24(35)16-7-3-2-4-8-16)18-10-11-19-20(13-18)32-22(30-14-17-9-5-6-12-29-17)21(19)23(34)31-15-25(26,27)28/h5-6,9-13,16,30,32H,2-4,7-8,14-15H2,1H3,(H,31,34). The van der Waals surface area contributed by atoms with Crippen molar-refractivity contribution in [1.82, 2.24) is 15.3 Å². The molecule has 3 N–H and O–H groups in total. The Labute approximate surface area is 201 Å². The van der Waals surface area contributed by atoms with E-state index in [2.05, 4.69) is 15.3 Å². The number of nitrogens with one attached hydrogen (secondary N) is 3. The zero-order valence-electron chi connectivity index (χ0n) is 19.4. The lowest BCUT2D eigenvalue weighted by Gasteiger charge is -2.26. The van der Waals surface area contributed by atoms with Gasteiger partial charge in [-0.3, -0.25) is 14.6 Å². The van der Waals surface area contributed by atoms with Gasteiger partial charge in [0.25, 0.3) is 5.91 Å². The van der Waals surface area contributed by atoms with Gasteiger partial charge >= 0.3 is 6.18 Å². The average molecular weight is 488 g/mol. The molecule has 2 amide bonds. The summed E-state index contributed by atoms with van der Waals surface area (Å²) in [7, 11) is 1.72. The van der Waals surface area contributed by atoms with Crippen molar-refractivity contribution in [2.45, 2.75) is 44.8 Å². The molecule has 35 heavy (non-hydrogen) atoms. The number of benzene rings is 1. The lowest BCUT2D eigenvalue weighted by Crippen LogP contribution is -2.34. The molecule has 0 radical (unpaired) electrons. The number of nitrogens with zero attached hydrogens (tertiary/aromatic N) is 2. The predicted molar refractivity (Wildman–Crippen MR) is 128 cm³/mol. The van der Waals surface area contributed by atoms with Gasteiger partial charge in [-0.05, 0) is 43.2 Å². The molecule has 7 nitrogen and oxygen atoms in total. The van der Waals surface area contributed by atoms with Crippen LogP contribution < -0.4 is 15.5 Å². The van der Waals surface area contributed by atoms with Gasteiger partial charge in [0.1, 0.15) is 12.4 Å². The number of anilines is 2. The molecule has 186 valence electrons. The molecular weight excluding hydrogens is 459 g/mol. The van der Waals surface area contributed by atoms with Gasteiger partial charge in [0.05, 0.1) is 17.8 Å². The van der Waals surface area contributed by atoms with Crippen LogP contribution in [-0.2, 0) is 11.3 Å². The van der Waals surface area contributed by atoms with Gasteiger partial charge in [-0.2, -0.15) is 13.2 Å². The van der Waals surface area contributed by atoms with Gasteiger partial charge in [-0.1, -0.05) is 25.3 Å². The fourth-order valence-electron chi connectivity index (χ4n) is 4.46. The highest BCUT2D eigenvalue weighted by atomic mass is 19.4. The second kappa shape index (κ2) is 10.4. The Hall–Kier alpha value is -3.56. The Morgan fingerprint density at radius 1 is 1.14 bits per heavy atom. The second-order valence-electron chi connectivity index (χ2n) is 8.81. The highest BCUT2D eigenvalue weighted by molar-refractivity contribution is 6.12. The first kappa shape index (κ1) is 24.6. The lowest BCUT2D eigenvalue weighted by atomic mass is 9.88. The van der Waals surface area contributed by atoms with Crippen LogP contribution in [0.4, 0.5) is 24.7 Å². The quantitative estimate of drug-likeness (QED) is 0.437. The molecule has 3 aromatic rings. The van der Waals surface area contributed by atoms with Gasteiger partial charge in [0.2, 0.25) is 5.91 Å². The number of carbonyl (C=O) groups is 2. The third-order valence-electron chi connectivity index (χ3n) is 6.30. The number of aromatic amines is 1. The minimum atomic E-state index is -4.53. The van der Waals surface area contributed by atoms with Crippen LogP contribution in [0.2, 0.25) is 0 Å². The molecular formula is C25H28F3N5O2. The van der Waals surface area contributed by atoms with Crippen molar-refractivity contribution >= 4 is 34.2 Å². The van der Waals surface area contributed by atoms with Gasteiger partial charge < -0.3 is 20.5 Å². The lowest BCUT2D eigenvalue weighted by molar-refractivity contribution is -0.123. The molecule has 0 bridgehead atoms. The summed E-state index contributed by atoms with van der Waals surface area (Å²) in [5, 5.41) is 5.48. The monoisotopic (exact) mass is 487 g/mol. The number of alkyl halides is 3. The van der Waals surface area contributed by atoms with E-state index in [9.17, 15) is 22.8 Å². The maximum Gasteiger partial charge on any atom is 0.405 e. The molecule has 1 fully saturated rings. The molecule has 0 atom stereocenters. The van der Waals surface area contributed by atoms with Crippen LogP contribution in [0.5, 0.6) is 0 Å². The first-order chi connectivity index (χ1) is 16.7. The Morgan fingerprint density at radius 3 is 2.60 bits per heavy atom. The van der Waals surface area contributed by atoms with Gasteiger partial charge in [-0.25, -0.2) is 0 Å². The largest absolute Gasteiger partial charge is 0.405 e. The zero-order valence-corrected chi connectivity index (χ0v) is 19.4. The van der Waals surface area contributed by atoms with Crippen LogP contribution in [0.3, 0.4) is 0 Å². The number of rotatable bonds is 7. The fourth-order valence-corrected chi connectivity index (χ4v) is 4.46. The summed E-state index contributed by atoms with van der Waals surface area (Å²) in [6, 6.07) is 10.5. The number of hydrogen-bond donors (Lipinski definition) is 3. The van der Waals surface area contributed by atoms with E-state index in [1.165, 1.54) is 0 Å². The number of H-pyrrole nitrogens is 1. The minimum absolute atomic E-state index is 0.00704. The maximum atomic E-state index is 13.0. The number of pyridine rings is 1. The van der Waals surface area contributed by atoms with E-state index < -0.39 is 18.6 Å². The first-order valence-corrected chi connectivity index (χ1v) is 11.6. The van der Waals surface area contributed by atoms with Crippen LogP contribution in [0.1, 0.15) is 48.2 Å². The van der Waals surface area contributed by atoms with E-state index in [1.54, 1.807) is 48.5 Å². The van der Waals surface area contributed by atoms with E-state index in [0.717, 1.165) is 32.1 Å². The van der Waals surface area contributed by atoms with Crippen molar-refractivity contribution < 1.29 is 22.8 Å². The smallest absolute Gasteiger partial charge is 0.365 e. The third-order valence-corrected chi connectivity index (χ3v) is 6.30. The Morgan fingerprint density at radius 2 is 1.91 bits per heavy atom. The van der Waals surface area contributed by atoms with Crippen molar-refractivity contribution in [3.63, 3.8) is 0 Å². The molecule has 2 aromatic heterocycles. The predicted octanol–water partition coefficient (Wildman–Crippen LogP) is 5.01. The zero-order chi connectivity index (χ0) is 25.0. The fraction of sp³-hybridized carbons (Fsp3) is 0.400. The summed E-state index contributed by atoms with van der Waals surface area (Å²) < 4.78 is 38.2. The normalized spacial score (nSPS) is 14.6. The van der Waals surface area contributed by atoms with Crippen LogP contribution >= 0.6 is 0 Å². The van der Waals surface area contributed by atoms with Crippen LogP contribution in [0.25, 0.3) is 10.9 Å². The molecule has 1 saturated carbocycles. The molecule has 0 aliphatic heterocycles. The molecule has 0 unspecified atom stereocenters. The molecule has 4 rings (SSSR count). The SMILES string of the molecule is CN(C(=O)C1CCCCC1)c1ccc2c(C(=O)NCC(F)(F)F)c(NCc3ccccn3)[nH]c2c1. The number of aromatic nitrogens is 2. The number of amides is 2. The van der Waals surface area contributed by atoms with E-state index in [-0.39, 0.29) is 29.8 Å². The highest BCUT2D eigenvalue weighted by Crippen LogP contribution is 2.32. The molecule has 2 heterocycles. The average Bonchev–Trinajstić information content (AvgIpc) is 3.23. The Bertz CT molecular complexity index is 1190. The van der Waals surface area contributed by atoms with Gasteiger partial charge in [0.15, 0.2) is 0 Å². The van der Waals surface area contributed by atoms with Crippen molar-refractivity contribution in [1.29, 1.82) is 0 Å². The molecule has 1 aliphatic rings. The Kier molecular flexibility index (Phi) is 7.28. The molecule has 1 aromatic carbocycles. The number of hydrogen-bond acceptors (Lipinski definition) is 4. The number of halogens is 3. The number of carbonyl (C=O) groups excluding carboxylic acids is 2.